The number of Topliss-reactive ketones (excluding diaryl/α,β-unsaturated/α-hetero) is 1. The minimum Gasteiger partial charge on any atom is -0.508 e. The van der Waals surface area contributed by atoms with Gasteiger partial charge in [-0.05, 0) is 75.4 Å². The van der Waals surface area contributed by atoms with E-state index in [2.05, 4.69) is 29.8 Å². The molecule has 0 spiro atoms. The Morgan fingerprint density at radius 3 is 2.30 bits per heavy atom. The van der Waals surface area contributed by atoms with Crippen LogP contribution in [0.3, 0.4) is 0 Å². The Labute approximate surface area is 224 Å². The topological polar surface area (TPSA) is 96.3 Å². The molecule has 4 rings (SSSR count). The van der Waals surface area contributed by atoms with Crippen molar-refractivity contribution in [2.24, 2.45) is 5.92 Å². The van der Waals surface area contributed by atoms with Crippen LogP contribution >= 0.6 is 15.9 Å². The van der Waals surface area contributed by atoms with Crippen LogP contribution < -0.4 is 9.47 Å². The van der Waals surface area contributed by atoms with Crippen molar-refractivity contribution < 1.29 is 29.3 Å². The zero-order chi connectivity index (χ0) is 26.7. The van der Waals surface area contributed by atoms with Crippen LogP contribution in [0.15, 0.2) is 76.8 Å². The average Bonchev–Trinajstić information content (AvgIpc) is 3.13. The summed E-state index contributed by atoms with van der Waals surface area (Å²) in [6.45, 7) is 4.87. The maximum absolute atomic E-state index is 13.3. The van der Waals surface area contributed by atoms with Gasteiger partial charge in [0.15, 0.2) is 0 Å². The highest BCUT2D eigenvalue weighted by atomic mass is 79.9. The molecule has 1 aliphatic rings. The maximum Gasteiger partial charge on any atom is 0.295 e. The number of carbonyl (C=O) groups is 2. The van der Waals surface area contributed by atoms with Crippen molar-refractivity contribution in [3.63, 3.8) is 0 Å². The summed E-state index contributed by atoms with van der Waals surface area (Å²) < 4.78 is 11.6. The second-order valence-corrected chi connectivity index (χ2v) is 10.1. The highest BCUT2D eigenvalue weighted by Crippen LogP contribution is 2.41. The number of nitrogens with zero attached hydrogens (tertiary/aromatic N) is 1. The van der Waals surface area contributed by atoms with Crippen LogP contribution in [0.5, 0.6) is 17.2 Å². The first kappa shape index (κ1) is 26.3. The van der Waals surface area contributed by atoms with Crippen molar-refractivity contribution in [2.75, 3.05) is 13.7 Å². The number of amides is 1. The Balaban J connectivity index is 1.74. The molecule has 0 radical (unpaired) electrons. The van der Waals surface area contributed by atoms with Crippen molar-refractivity contribution in [1.82, 2.24) is 4.90 Å². The van der Waals surface area contributed by atoms with E-state index in [0.717, 1.165) is 11.3 Å². The molecule has 1 unspecified atom stereocenters. The van der Waals surface area contributed by atoms with E-state index in [-0.39, 0.29) is 23.6 Å². The summed E-state index contributed by atoms with van der Waals surface area (Å²) >= 11 is 3.40. The number of benzene rings is 3. The van der Waals surface area contributed by atoms with Gasteiger partial charge in [0.05, 0.1) is 29.8 Å². The molecular weight excluding hydrogens is 538 g/mol. The lowest BCUT2D eigenvalue weighted by atomic mass is 9.95. The number of likely N-dealkylation sites (tertiary alicyclic amines) is 1. The van der Waals surface area contributed by atoms with Crippen LogP contribution in [0, 0.1) is 5.92 Å². The molecule has 1 heterocycles. The molecule has 8 heteroatoms. The molecule has 37 heavy (non-hydrogen) atoms. The molecule has 1 saturated heterocycles. The van der Waals surface area contributed by atoms with Gasteiger partial charge in [-0.2, -0.15) is 0 Å². The van der Waals surface area contributed by atoms with Gasteiger partial charge in [0.1, 0.15) is 23.0 Å². The Morgan fingerprint density at radius 2 is 1.70 bits per heavy atom. The van der Waals surface area contributed by atoms with Gasteiger partial charge >= 0.3 is 0 Å². The van der Waals surface area contributed by atoms with Gasteiger partial charge in [-0.15, -0.1) is 0 Å². The van der Waals surface area contributed by atoms with E-state index in [1.54, 1.807) is 30.3 Å². The van der Waals surface area contributed by atoms with Crippen molar-refractivity contribution in [2.45, 2.75) is 26.4 Å². The SMILES string of the molecule is COc1ccc(/C(O)=C2/C(=O)C(=O)N(Cc3ccc(OCC(C)C)cc3)C2c2ccc(O)cc2)cc1Br. The summed E-state index contributed by atoms with van der Waals surface area (Å²) in [6.07, 6.45) is 0. The minimum atomic E-state index is -0.849. The number of rotatable bonds is 8. The Hall–Kier alpha value is -3.78. The first-order valence-electron chi connectivity index (χ1n) is 11.8. The van der Waals surface area contributed by atoms with E-state index in [1.165, 1.54) is 24.1 Å². The Morgan fingerprint density at radius 1 is 1.03 bits per heavy atom. The second kappa shape index (κ2) is 11.1. The van der Waals surface area contributed by atoms with Gasteiger partial charge in [0, 0.05) is 12.1 Å². The third-order valence-electron chi connectivity index (χ3n) is 6.03. The molecule has 0 bridgehead atoms. The normalized spacial score (nSPS) is 16.9. The second-order valence-electron chi connectivity index (χ2n) is 9.22. The predicted octanol–water partition coefficient (Wildman–Crippen LogP) is 5.82. The van der Waals surface area contributed by atoms with Crippen LogP contribution in [0.2, 0.25) is 0 Å². The van der Waals surface area contributed by atoms with Crippen LogP contribution in [0.4, 0.5) is 0 Å². The number of hydrogen-bond acceptors (Lipinski definition) is 6. The largest absolute Gasteiger partial charge is 0.508 e. The fourth-order valence-corrected chi connectivity index (χ4v) is 4.71. The molecule has 7 nitrogen and oxygen atoms in total. The molecule has 1 atom stereocenters. The molecule has 0 saturated carbocycles. The lowest BCUT2D eigenvalue weighted by molar-refractivity contribution is -0.140. The standard InChI is InChI=1S/C29H28BrNO6/c1-17(2)16-37-22-11-4-18(5-12-22)15-31-26(19-6-9-21(32)10-7-19)25(28(34)29(31)35)27(33)20-8-13-24(36-3)23(30)14-20/h4-14,17,26,32-33H,15-16H2,1-3H3/b27-25-. The maximum atomic E-state index is 13.3. The number of ketones is 1. The van der Waals surface area contributed by atoms with Gasteiger partial charge in [0.25, 0.3) is 11.7 Å². The number of hydrogen-bond donors (Lipinski definition) is 2. The number of ether oxygens (including phenoxy) is 2. The third kappa shape index (κ3) is 5.64. The van der Waals surface area contributed by atoms with Crippen molar-refractivity contribution in [1.29, 1.82) is 0 Å². The minimum absolute atomic E-state index is 0.0235. The fraction of sp³-hybridized carbons (Fsp3) is 0.241. The summed E-state index contributed by atoms with van der Waals surface area (Å²) in [5, 5.41) is 21.1. The number of halogens is 1. The molecule has 1 fully saturated rings. The number of carbonyl (C=O) groups excluding carboxylic acids is 2. The van der Waals surface area contributed by atoms with Gasteiger partial charge in [-0.3, -0.25) is 9.59 Å². The van der Waals surface area contributed by atoms with Crippen molar-refractivity contribution in [3.8, 4) is 17.2 Å². The number of aromatic hydroxyl groups is 1. The van der Waals surface area contributed by atoms with Crippen molar-refractivity contribution >= 4 is 33.4 Å². The zero-order valence-electron chi connectivity index (χ0n) is 20.8. The van der Waals surface area contributed by atoms with Gasteiger partial charge in [0.2, 0.25) is 0 Å². The molecule has 1 amide bonds. The number of methoxy groups -OCH3 is 1. The molecular formula is C29H28BrNO6. The van der Waals surface area contributed by atoms with Crippen molar-refractivity contribution in [3.05, 3.63) is 93.5 Å². The van der Waals surface area contributed by atoms with Gasteiger partial charge in [-0.25, -0.2) is 0 Å². The quantitative estimate of drug-likeness (QED) is 0.203. The molecule has 2 N–H and O–H groups in total. The van der Waals surface area contributed by atoms with Crippen LogP contribution in [0.1, 0.15) is 36.6 Å². The number of phenolic OH excluding ortho intramolecular Hbond substituents is 1. The summed E-state index contributed by atoms with van der Waals surface area (Å²) in [6, 6.07) is 17.7. The molecule has 1 aliphatic heterocycles. The highest BCUT2D eigenvalue weighted by Gasteiger charge is 2.46. The highest BCUT2D eigenvalue weighted by molar-refractivity contribution is 9.10. The molecule has 0 aromatic heterocycles. The van der Waals surface area contributed by atoms with E-state index >= 15 is 0 Å². The summed E-state index contributed by atoms with van der Waals surface area (Å²) in [4.78, 5) is 27.9. The van der Waals surface area contributed by atoms with Gasteiger partial charge in [-0.1, -0.05) is 38.1 Å². The molecule has 192 valence electrons. The first-order valence-corrected chi connectivity index (χ1v) is 12.6. The van der Waals surface area contributed by atoms with E-state index in [0.29, 0.717) is 33.9 Å². The monoisotopic (exact) mass is 565 g/mol. The number of aliphatic hydroxyl groups excluding tert-OH is 1. The van der Waals surface area contributed by atoms with Crippen LogP contribution in [0.25, 0.3) is 5.76 Å². The Bertz CT molecular complexity index is 1330. The van der Waals surface area contributed by atoms with Crippen LogP contribution in [-0.2, 0) is 16.1 Å². The van der Waals surface area contributed by atoms with E-state index < -0.39 is 17.7 Å². The fourth-order valence-electron chi connectivity index (χ4n) is 4.17. The lowest BCUT2D eigenvalue weighted by Gasteiger charge is -2.25. The first-order chi connectivity index (χ1) is 17.7. The Kier molecular flexibility index (Phi) is 7.88. The van der Waals surface area contributed by atoms with Gasteiger partial charge < -0.3 is 24.6 Å². The third-order valence-corrected chi connectivity index (χ3v) is 6.65. The zero-order valence-corrected chi connectivity index (χ0v) is 22.4. The molecule has 3 aromatic carbocycles. The molecule has 3 aromatic rings. The summed E-state index contributed by atoms with van der Waals surface area (Å²) in [5.74, 6) is -0.0565. The number of phenols is 1. The lowest BCUT2D eigenvalue weighted by Crippen LogP contribution is -2.29. The average molecular weight is 566 g/mol. The summed E-state index contributed by atoms with van der Waals surface area (Å²) in [7, 11) is 1.53. The molecule has 0 aliphatic carbocycles. The predicted molar refractivity (Wildman–Crippen MR) is 143 cm³/mol. The summed E-state index contributed by atoms with van der Waals surface area (Å²) in [5.41, 5.74) is 1.73. The van der Waals surface area contributed by atoms with E-state index in [9.17, 15) is 19.8 Å². The van der Waals surface area contributed by atoms with E-state index in [4.69, 9.17) is 9.47 Å². The van der Waals surface area contributed by atoms with E-state index in [1.807, 2.05) is 24.3 Å². The number of aliphatic hydroxyl groups is 1. The van der Waals surface area contributed by atoms with Crippen LogP contribution in [-0.4, -0.2) is 40.5 Å². The smallest absolute Gasteiger partial charge is 0.295 e.